The summed E-state index contributed by atoms with van der Waals surface area (Å²) in [5.41, 5.74) is 0.417. The molecule has 0 spiro atoms. The second-order valence-corrected chi connectivity index (χ2v) is 8.18. The van der Waals surface area contributed by atoms with Crippen LogP contribution in [0.1, 0.15) is 32.1 Å². The molecule has 0 bridgehead atoms. The molecule has 1 N–H and O–H groups in total. The number of nitrogens with one attached hydrogen (secondary N) is 1. The third-order valence-corrected chi connectivity index (χ3v) is 6.08. The van der Waals surface area contributed by atoms with Gasteiger partial charge < -0.3 is 4.90 Å². The molecule has 0 atom stereocenters. The smallest absolute Gasteiger partial charge is 0.240 e. The zero-order chi connectivity index (χ0) is 17.9. The number of hydrogen-bond donors (Lipinski definition) is 1. The minimum Gasteiger partial charge on any atom is -0.303 e. The maximum atomic E-state index is 12.3. The molecule has 1 aromatic carbocycles. The molecule has 0 aliphatic carbocycles. The SMILES string of the molecule is O=C1CCC(=O)N1c1ccc(S(=O)(=O)NCCCN2CCCC2)cc1. The zero-order valence-electron chi connectivity index (χ0n) is 14.1. The maximum absolute atomic E-state index is 12.3. The number of benzene rings is 1. The lowest BCUT2D eigenvalue weighted by molar-refractivity contribution is -0.121. The van der Waals surface area contributed by atoms with Crippen LogP contribution in [0.5, 0.6) is 0 Å². The number of imide groups is 1. The van der Waals surface area contributed by atoms with Crippen LogP contribution in [0.2, 0.25) is 0 Å². The summed E-state index contributed by atoms with van der Waals surface area (Å²) >= 11 is 0. The van der Waals surface area contributed by atoms with Gasteiger partial charge in [0.2, 0.25) is 21.8 Å². The fourth-order valence-electron chi connectivity index (χ4n) is 3.24. The Balaban J connectivity index is 1.56. The van der Waals surface area contributed by atoms with Crippen molar-refractivity contribution in [3.05, 3.63) is 24.3 Å². The van der Waals surface area contributed by atoms with Crippen LogP contribution in [-0.2, 0) is 19.6 Å². The molecule has 136 valence electrons. The van der Waals surface area contributed by atoms with Gasteiger partial charge in [0.15, 0.2) is 0 Å². The van der Waals surface area contributed by atoms with Crippen LogP contribution in [0.15, 0.2) is 29.2 Å². The highest BCUT2D eigenvalue weighted by atomic mass is 32.2. The van der Waals surface area contributed by atoms with E-state index in [0.717, 1.165) is 31.0 Å². The Kier molecular flexibility index (Phi) is 5.51. The van der Waals surface area contributed by atoms with Crippen LogP contribution in [0.4, 0.5) is 5.69 Å². The number of nitrogens with zero attached hydrogens (tertiary/aromatic N) is 2. The van der Waals surface area contributed by atoms with Gasteiger partial charge in [0.1, 0.15) is 0 Å². The van der Waals surface area contributed by atoms with E-state index in [4.69, 9.17) is 0 Å². The van der Waals surface area contributed by atoms with Crippen molar-refractivity contribution in [3.8, 4) is 0 Å². The molecule has 2 saturated heterocycles. The van der Waals surface area contributed by atoms with E-state index < -0.39 is 10.0 Å². The number of amides is 2. The maximum Gasteiger partial charge on any atom is 0.240 e. The summed E-state index contributed by atoms with van der Waals surface area (Å²) in [5, 5.41) is 0. The summed E-state index contributed by atoms with van der Waals surface area (Å²) < 4.78 is 27.2. The molecule has 8 heteroatoms. The van der Waals surface area contributed by atoms with Gasteiger partial charge in [0, 0.05) is 19.4 Å². The first kappa shape index (κ1) is 18.0. The third-order valence-electron chi connectivity index (χ3n) is 4.60. The Morgan fingerprint density at radius 1 is 0.960 bits per heavy atom. The standard InChI is InChI=1S/C17H23N3O4S/c21-16-8-9-17(22)20(16)14-4-6-15(7-5-14)25(23,24)18-10-3-13-19-11-1-2-12-19/h4-7,18H,1-3,8-13H2. The van der Waals surface area contributed by atoms with Gasteiger partial charge in [-0.15, -0.1) is 0 Å². The minimum absolute atomic E-state index is 0.136. The predicted molar refractivity (Wildman–Crippen MR) is 93.6 cm³/mol. The molecule has 2 fully saturated rings. The molecule has 0 radical (unpaired) electrons. The second kappa shape index (κ2) is 7.63. The molecular weight excluding hydrogens is 342 g/mol. The van der Waals surface area contributed by atoms with Crippen LogP contribution >= 0.6 is 0 Å². The summed E-state index contributed by atoms with van der Waals surface area (Å²) in [6.45, 7) is 3.49. The Morgan fingerprint density at radius 2 is 1.56 bits per heavy atom. The highest BCUT2D eigenvalue weighted by molar-refractivity contribution is 7.89. The van der Waals surface area contributed by atoms with E-state index >= 15 is 0 Å². The van der Waals surface area contributed by atoms with E-state index in [2.05, 4.69) is 9.62 Å². The monoisotopic (exact) mass is 365 g/mol. The molecule has 2 heterocycles. The lowest BCUT2D eigenvalue weighted by atomic mass is 10.3. The third kappa shape index (κ3) is 4.26. The molecule has 0 saturated carbocycles. The first-order valence-corrected chi connectivity index (χ1v) is 10.1. The first-order chi connectivity index (χ1) is 12.0. The molecule has 7 nitrogen and oxygen atoms in total. The van der Waals surface area contributed by atoms with E-state index in [9.17, 15) is 18.0 Å². The fraction of sp³-hybridized carbons (Fsp3) is 0.529. The summed E-state index contributed by atoms with van der Waals surface area (Å²) in [5.74, 6) is -0.499. The fourth-order valence-corrected chi connectivity index (χ4v) is 4.31. The Bertz CT molecular complexity index is 724. The highest BCUT2D eigenvalue weighted by Crippen LogP contribution is 2.23. The van der Waals surface area contributed by atoms with E-state index in [1.54, 1.807) is 0 Å². The summed E-state index contributed by atoms with van der Waals surface area (Å²) in [7, 11) is -3.58. The molecular formula is C17H23N3O4S. The minimum atomic E-state index is -3.58. The molecule has 25 heavy (non-hydrogen) atoms. The highest BCUT2D eigenvalue weighted by Gasteiger charge is 2.30. The van der Waals surface area contributed by atoms with Gasteiger partial charge in [-0.2, -0.15) is 0 Å². The number of carbonyl (C=O) groups is 2. The van der Waals surface area contributed by atoms with E-state index in [0.29, 0.717) is 12.2 Å². The zero-order valence-corrected chi connectivity index (χ0v) is 14.9. The summed E-state index contributed by atoms with van der Waals surface area (Å²) in [4.78, 5) is 27.0. The van der Waals surface area contributed by atoms with Gasteiger partial charge in [-0.05, 0) is 63.2 Å². The quantitative estimate of drug-likeness (QED) is 0.578. The van der Waals surface area contributed by atoms with E-state index in [1.807, 2.05) is 0 Å². The number of anilines is 1. The number of likely N-dealkylation sites (tertiary alicyclic amines) is 1. The number of sulfonamides is 1. The van der Waals surface area contributed by atoms with Crippen molar-refractivity contribution in [2.75, 3.05) is 31.1 Å². The average Bonchev–Trinajstić information content (AvgIpc) is 3.22. The Morgan fingerprint density at radius 3 is 2.16 bits per heavy atom. The van der Waals surface area contributed by atoms with Crippen molar-refractivity contribution in [1.29, 1.82) is 0 Å². The van der Waals surface area contributed by atoms with Crippen molar-refractivity contribution in [2.45, 2.75) is 37.0 Å². The average molecular weight is 365 g/mol. The molecule has 2 aliphatic heterocycles. The van der Waals surface area contributed by atoms with E-state index in [-0.39, 0.29) is 29.6 Å². The van der Waals surface area contributed by atoms with Crippen molar-refractivity contribution >= 4 is 27.5 Å². The first-order valence-electron chi connectivity index (χ1n) is 8.65. The Hall–Kier alpha value is -1.77. The summed E-state index contributed by atoms with van der Waals surface area (Å²) in [6.07, 6.45) is 3.63. The molecule has 3 rings (SSSR count). The largest absolute Gasteiger partial charge is 0.303 e. The van der Waals surface area contributed by atoms with Crippen LogP contribution in [0.25, 0.3) is 0 Å². The van der Waals surface area contributed by atoms with Gasteiger partial charge in [-0.25, -0.2) is 13.1 Å². The normalized spacial score (nSPS) is 19.1. The van der Waals surface area contributed by atoms with Crippen molar-refractivity contribution in [2.24, 2.45) is 0 Å². The number of rotatable bonds is 7. The van der Waals surface area contributed by atoms with Crippen molar-refractivity contribution in [1.82, 2.24) is 9.62 Å². The molecule has 2 aliphatic rings. The lowest BCUT2D eigenvalue weighted by Crippen LogP contribution is -2.29. The molecule has 0 aromatic heterocycles. The lowest BCUT2D eigenvalue weighted by Gasteiger charge is -2.15. The Labute approximate surface area is 148 Å². The molecule has 1 aromatic rings. The summed E-state index contributed by atoms with van der Waals surface area (Å²) in [6, 6.07) is 5.86. The molecule has 2 amide bonds. The van der Waals surface area contributed by atoms with Gasteiger partial charge in [0.05, 0.1) is 10.6 Å². The van der Waals surface area contributed by atoms with Crippen molar-refractivity contribution in [3.63, 3.8) is 0 Å². The molecule has 0 unspecified atom stereocenters. The number of carbonyl (C=O) groups excluding carboxylic acids is 2. The second-order valence-electron chi connectivity index (χ2n) is 6.42. The number of hydrogen-bond acceptors (Lipinski definition) is 5. The van der Waals surface area contributed by atoms with Crippen LogP contribution in [0.3, 0.4) is 0 Å². The van der Waals surface area contributed by atoms with Gasteiger partial charge in [0.25, 0.3) is 0 Å². The predicted octanol–water partition coefficient (Wildman–Crippen LogP) is 1.10. The van der Waals surface area contributed by atoms with Gasteiger partial charge in [-0.3, -0.25) is 14.5 Å². The van der Waals surface area contributed by atoms with Crippen LogP contribution < -0.4 is 9.62 Å². The van der Waals surface area contributed by atoms with Crippen LogP contribution in [0, 0.1) is 0 Å². The van der Waals surface area contributed by atoms with Gasteiger partial charge >= 0.3 is 0 Å². The van der Waals surface area contributed by atoms with Gasteiger partial charge in [-0.1, -0.05) is 0 Å². The van der Waals surface area contributed by atoms with Crippen molar-refractivity contribution < 1.29 is 18.0 Å². The van der Waals surface area contributed by atoms with Crippen LogP contribution in [-0.4, -0.2) is 51.3 Å². The van der Waals surface area contributed by atoms with E-state index in [1.165, 1.54) is 37.1 Å². The topological polar surface area (TPSA) is 86.8 Å².